The highest BCUT2D eigenvalue weighted by Crippen LogP contribution is 2.36. The molecule has 2 aromatic carbocycles. The first-order valence-electron chi connectivity index (χ1n) is 9.96. The molecule has 1 N–H and O–H groups in total. The third kappa shape index (κ3) is 5.88. The summed E-state index contributed by atoms with van der Waals surface area (Å²) in [6.45, 7) is 0.0105. The van der Waals surface area contributed by atoms with Gasteiger partial charge in [-0.25, -0.2) is 0 Å². The average Bonchev–Trinajstić information content (AvgIpc) is 2.71. The van der Waals surface area contributed by atoms with Crippen molar-refractivity contribution in [2.45, 2.75) is 43.7 Å². The van der Waals surface area contributed by atoms with Gasteiger partial charge in [0.15, 0.2) is 6.61 Å². The van der Waals surface area contributed by atoms with E-state index in [0.717, 1.165) is 37.1 Å². The zero-order valence-electron chi connectivity index (χ0n) is 17.0. The molecule has 0 atom stereocenters. The highest BCUT2D eigenvalue weighted by Gasteiger charge is 2.38. The molecule has 3 rings (SSSR count). The molecule has 0 radical (unpaired) electrons. The number of amides is 1. The fourth-order valence-corrected chi connectivity index (χ4v) is 4.36. The Kier molecular flexibility index (Phi) is 7.44. The molecule has 0 saturated heterocycles. The van der Waals surface area contributed by atoms with Crippen LogP contribution in [-0.2, 0) is 11.2 Å². The molecule has 1 aliphatic carbocycles. The van der Waals surface area contributed by atoms with Crippen LogP contribution in [0.5, 0.6) is 5.75 Å². The second-order valence-corrected chi connectivity index (χ2v) is 8.81. The predicted octanol–water partition coefficient (Wildman–Crippen LogP) is 4.97. The Morgan fingerprint density at radius 3 is 2.38 bits per heavy atom. The predicted molar refractivity (Wildman–Crippen MR) is 119 cm³/mol. The summed E-state index contributed by atoms with van der Waals surface area (Å²) in [5.41, 5.74) is 1.24. The summed E-state index contributed by atoms with van der Waals surface area (Å²) in [7, 11) is 4.27. The smallest absolute Gasteiger partial charge is 0.258 e. The van der Waals surface area contributed by atoms with Gasteiger partial charge in [0.05, 0.1) is 0 Å². The maximum Gasteiger partial charge on any atom is 0.258 e. The molecule has 156 valence electrons. The van der Waals surface area contributed by atoms with Crippen LogP contribution in [0.15, 0.2) is 48.5 Å². The molecule has 1 amide bonds. The van der Waals surface area contributed by atoms with E-state index in [4.69, 9.17) is 27.9 Å². The van der Waals surface area contributed by atoms with Crippen molar-refractivity contribution in [3.05, 3.63) is 64.1 Å². The monoisotopic (exact) mass is 434 g/mol. The Labute approximate surface area is 183 Å². The molecular weight excluding hydrogens is 407 g/mol. The second kappa shape index (κ2) is 9.84. The minimum absolute atomic E-state index is 0.0105. The number of rotatable bonds is 7. The van der Waals surface area contributed by atoms with Crippen LogP contribution in [-0.4, -0.2) is 43.1 Å². The van der Waals surface area contributed by atoms with E-state index in [2.05, 4.69) is 30.4 Å². The van der Waals surface area contributed by atoms with Gasteiger partial charge in [-0.05, 0) is 82.1 Å². The lowest BCUT2D eigenvalue weighted by Crippen LogP contribution is -2.52. The summed E-state index contributed by atoms with van der Waals surface area (Å²) in [4.78, 5) is 14.6. The number of nitrogens with one attached hydrogen (secondary N) is 1. The number of carbonyl (C=O) groups is 1. The minimum atomic E-state index is -0.0894. The Morgan fingerprint density at radius 1 is 1.10 bits per heavy atom. The molecule has 0 aliphatic heterocycles. The summed E-state index contributed by atoms with van der Waals surface area (Å²) in [5.74, 6) is 0.549. The number of carbonyl (C=O) groups excluding carboxylic acids is 1. The summed E-state index contributed by atoms with van der Waals surface area (Å²) < 4.78 is 5.54. The van der Waals surface area contributed by atoms with Gasteiger partial charge in [-0.2, -0.15) is 0 Å². The number of hydrogen-bond donors (Lipinski definition) is 1. The third-order valence-corrected chi connectivity index (χ3v) is 6.51. The van der Waals surface area contributed by atoms with Gasteiger partial charge in [0.1, 0.15) is 5.75 Å². The van der Waals surface area contributed by atoms with Crippen molar-refractivity contribution >= 4 is 29.1 Å². The highest BCUT2D eigenvalue weighted by molar-refractivity contribution is 6.31. The molecule has 0 bridgehead atoms. The molecule has 4 nitrogen and oxygen atoms in total. The van der Waals surface area contributed by atoms with Crippen LogP contribution in [0.25, 0.3) is 0 Å². The lowest BCUT2D eigenvalue weighted by Gasteiger charge is -2.45. The Bertz CT molecular complexity index is 816. The van der Waals surface area contributed by atoms with Crippen LogP contribution in [0, 0.1) is 0 Å². The average molecular weight is 435 g/mol. The molecule has 1 saturated carbocycles. The number of nitrogens with zero attached hydrogens (tertiary/aromatic N) is 1. The fraction of sp³-hybridized carbons (Fsp3) is 0.435. The first kappa shape index (κ1) is 21.9. The van der Waals surface area contributed by atoms with E-state index in [0.29, 0.717) is 10.8 Å². The van der Waals surface area contributed by atoms with E-state index in [1.807, 2.05) is 18.2 Å². The van der Waals surface area contributed by atoms with Gasteiger partial charge >= 0.3 is 0 Å². The topological polar surface area (TPSA) is 41.6 Å². The lowest BCUT2D eigenvalue weighted by atomic mass is 9.75. The number of likely N-dealkylation sites (N-methyl/N-ethyl adjacent to an activating group) is 1. The summed E-state index contributed by atoms with van der Waals surface area (Å²) in [6, 6.07) is 15.3. The van der Waals surface area contributed by atoms with Gasteiger partial charge in [0.25, 0.3) is 5.91 Å². The van der Waals surface area contributed by atoms with Gasteiger partial charge in [-0.1, -0.05) is 41.4 Å². The van der Waals surface area contributed by atoms with Crippen LogP contribution in [0.2, 0.25) is 10.0 Å². The minimum Gasteiger partial charge on any atom is -0.484 e. The van der Waals surface area contributed by atoms with Gasteiger partial charge in [0.2, 0.25) is 0 Å². The first-order chi connectivity index (χ1) is 13.9. The van der Waals surface area contributed by atoms with Crippen LogP contribution in [0.3, 0.4) is 0 Å². The summed E-state index contributed by atoms with van der Waals surface area (Å²) in [6.07, 6.45) is 4.81. The molecule has 1 fully saturated rings. The zero-order chi connectivity index (χ0) is 20.9. The van der Waals surface area contributed by atoms with Crippen LogP contribution < -0.4 is 10.1 Å². The third-order valence-electron chi connectivity index (χ3n) is 5.89. The molecule has 0 heterocycles. The van der Waals surface area contributed by atoms with Crippen molar-refractivity contribution in [1.29, 1.82) is 0 Å². The lowest BCUT2D eigenvalue weighted by molar-refractivity contribution is -0.124. The molecule has 1 aliphatic rings. The summed E-state index contributed by atoms with van der Waals surface area (Å²) >= 11 is 12.3. The standard InChI is InChI=1S/C23H28Cl2N2O2/c1-27(2)23(15-17-5-3-4-6-21(17)25)13-11-19(12-14-23)26-22(28)16-29-20-9-7-18(24)8-10-20/h3-10,19H,11-16H2,1-2H3,(H,26,28). The number of benzene rings is 2. The summed E-state index contributed by atoms with van der Waals surface area (Å²) in [5, 5.41) is 4.58. The maximum atomic E-state index is 12.3. The normalized spacial score (nSPS) is 21.8. The van der Waals surface area contributed by atoms with E-state index in [1.54, 1.807) is 24.3 Å². The number of ether oxygens (including phenoxy) is 1. The largest absolute Gasteiger partial charge is 0.484 e. The van der Waals surface area contributed by atoms with Crippen molar-refractivity contribution in [3.63, 3.8) is 0 Å². The van der Waals surface area contributed by atoms with Gasteiger partial charge in [0, 0.05) is 21.6 Å². The quantitative estimate of drug-likeness (QED) is 0.668. The van der Waals surface area contributed by atoms with E-state index >= 15 is 0 Å². The Morgan fingerprint density at radius 2 is 1.76 bits per heavy atom. The van der Waals surface area contributed by atoms with Crippen LogP contribution >= 0.6 is 23.2 Å². The molecule has 6 heteroatoms. The number of halogens is 2. The van der Waals surface area contributed by atoms with E-state index in [1.165, 1.54) is 5.56 Å². The fourth-order valence-electron chi connectivity index (χ4n) is 4.03. The molecule has 0 unspecified atom stereocenters. The first-order valence-corrected chi connectivity index (χ1v) is 10.7. The molecule has 0 aromatic heterocycles. The molecule has 0 spiro atoms. The van der Waals surface area contributed by atoms with Gasteiger partial charge in [-0.3, -0.25) is 4.79 Å². The van der Waals surface area contributed by atoms with Crippen molar-refractivity contribution in [2.75, 3.05) is 20.7 Å². The van der Waals surface area contributed by atoms with Crippen molar-refractivity contribution in [1.82, 2.24) is 10.2 Å². The van der Waals surface area contributed by atoms with Crippen LogP contribution in [0.4, 0.5) is 0 Å². The van der Waals surface area contributed by atoms with E-state index < -0.39 is 0 Å². The SMILES string of the molecule is CN(C)C1(Cc2ccccc2Cl)CCC(NC(=O)COc2ccc(Cl)cc2)CC1. The highest BCUT2D eigenvalue weighted by atomic mass is 35.5. The van der Waals surface area contributed by atoms with Gasteiger partial charge in [-0.15, -0.1) is 0 Å². The Hall–Kier alpha value is -1.75. The number of hydrogen-bond acceptors (Lipinski definition) is 3. The van der Waals surface area contributed by atoms with E-state index in [-0.39, 0.29) is 24.1 Å². The van der Waals surface area contributed by atoms with Crippen molar-refractivity contribution in [3.8, 4) is 5.75 Å². The second-order valence-electron chi connectivity index (χ2n) is 7.97. The molecule has 29 heavy (non-hydrogen) atoms. The van der Waals surface area contributed by atoms with Crippen LogP contribution in [0.1, 0.15) is 31.2 Å². The molecule has 2 aromatic rings. The van der Waals surface area contributed by atoms with Crippen molar-refractivity contribution in [2.24, 2.45) is 0 Å². The van der Waals surface area contributed by atoms with Crippen molar-refractivity contribution < 1.29 is 9.53 Å². The van der Waals surface area contributed by atoms with Gasteiger partial charge < -0.3 is 15.0 Å². The molecular formula is C23H28Cl2N2O2. The maximum absolute atomic E-state index is 12.3. The zero-order valence-corrected chi connectivity index (χ0v) is 18.5. The van der Waals surface area contributed by atoms with E-state index in [9.17, 15) is 4.79 Å². The Balaban J connectivity index is 1.51.